The highest BCUT2D eigenvalue weighted by Gasteiger charge is 2.10. The van der Waals surface area contributed by atoms with Crippen LogP contribution in [0.15, 0.2) is 42.0 Å². The molecule has 0 unspecified atom stereocenters. The van der Waals surface area contributed by atoms with Crippen LogP contribution in [0.2, 0.25) is 0 Å². The second-order valence-electron chi connectivity index (χ2n) is 5.88. The zero-order chi connectivity index (χ0) is 14.5. The van der Waals surface area contributed by atoms with Gasteiger partial charge >= 0.3 is 5.97 Å². The molecule has 106 valence electrons. The monoisotopic (exact) mass is 270 g/mol. The van der Waals surface area contributed by atoms with E-state index in [0.717, 1.165) is 31.3 Å². The number of rotatable bonds is 4. The first-order valence-electron chi connectivity index (χ1n) is 7.28. The molecule has 0 heterocycles. The molecule has 0 saturated heterocycles. The van der Waals surface area contributed by atoms with Gasteiger partial charge in [-0.3, -0.25) is 0 Å². The van der Waals surface area contributed by atoms with Gasteiger partial charge in [-0.1, -0.05) is 44.2 Å². The van der Waals surface area contributed by atoms with Crippen LogP contribution in [0.4, 0.5) is 0 Å². The summed E-state index contributed by atoms with van der Waals surface area (Å²) in [5, 5.41) is 8.84. The Hall–Kier alpha value is -1.83. The van der Waals surface area contributed by atoms with Crippen molar-refractivity contribution < 1.29 is 9.90 Å². The molecule has 1 aliphatic rings. The zero-order valence-corrected chi connectivity index (χ0v) is 12.2. The van der Waals surface area contributed by atoms with E-state index in [1.807, 2.05) is 6.08 Å². The van der Waals surface area contributed by atoms with Gasteiger partial charge < -0.3 is 5.11 Å². The quantitative estimate of drug-likeness (QED) is 0.820. The Bertz CT molecular complexity index is 533. The molecule has 1 aliphatic carbocycles. The van der Waals surface area contributed by atoms with Crippen molar-refractivity contribution in [2.24, 2.45) is 5.92 Å². The lowest BCUT2D eigenvalue weighted by molar-refractivity contribution is -0.131. The highest BCUT2D eigenvalue weighted by Crippen LogP contribution is 2.29. The topological polar surface area (TPSA) is 37.3 Å². The van der Waals surface area contributed by atoms with E-state index in [1.165, 1.54) is 22.8 Å². The number of benzene rings is 1. The summed E-state index contributed by atoms with van der Waals surface area (Å²) >= 11 is 0. The van der Waals surface area contributed by atoms with Gasteiger partial charge in [0.2, 0.25) is 0 Å². The molecule has 0 radical (unpaired) electrons. The summed E-state index contributed by atoms with van der Waals surface area (Å²) in [5.41, 5.74) is 4.75. The first-order chi connectivity index (χ1) is 9.54. The van der Waals surface area contributed by atoms with E-state index in [0.29, 0.717) is 5.92 Å². The highest BCUT2D eigenvalue weighted by molar-refractivity contribution is 5.82. The van der Waals surface area contributed by atoms with Crippen LogP contribution in [0.3, 0.4) is 0 Å². The number of carboxylic acids is 1. The minimum atomic E-state index is -0.857. The van der Waals surface area contributed by atoms with Crippen molar-refractivity contribution in [2.75, 3.05) is 0 Å². The lowest BCUT2D eigenvalue weighted by Gasteiger charge is -2.16. The molecule has 0 fully saturated rings. The van der Waals surface area contributed by atoms with Gasteiger partial charge in [-0.15, -0.1) is 0 Å². The number of carboxylic acid groups (broad SMARTS) is 1. The largest absolute Gasteiger partial charge is 0.478 e. The molecule has 0 amide bonds. The fraction of sp³-hybridized carbons (Fsp3) is 0.389. The predicted molar refractivity (Wildman–Crippen MR) is 82.5 cm³/mol. The summed E-state index contributed by atoms with van der Waals surface area (Å²) in [4.78, 5) is 10.8. The fourth-order valence-electron chi connectivity index (χ4n) is 2.68. The highest BCUT2D eigenvalue weighted by atomic mass is 16.4. The SMILES string of the molecule is CC(C)Cc1ccc(C2=CC(=CC(=O)O)CCC2)cc1. The molecule has 1 aromatic rings. The average molecular weight is 270 g/mol. The third kappa shape index (κ3) is 4.09. The second-order valence-corrected chi connectivity index (χ2v) is 5.88. The lowest BCUT2D eigenvalue weighted by atomic mass is 9.89. The van der Waals surface area contributed by atoms with Gasteiger partial charge in [-0.05, 0) is 53.9 Å². The van der Waals surface area contributed by atoms with Crippen LogP contribution in [0, 0.1) is 5.92 Å². The van der Waals surface area contributed by atoms with Crippen LogP contribution in [-0.4, -0.2) is 11.1 Å². The van der Waals surface area contributed by atoms with Crippen molar-refractivity contribution >= 4 is 11.5 Å². The van der Waals surface area contributed by atoms with Gasteiger partial charge in [-0.25, -0.2) is 4.79 Å². The maximum absolute atomic E-state index is 10.8. The van der Waals surface area contributed by atoms with E-state index in [4.69, 9.17) is 5.11 Å². The minimum Gasteiger partial charge on any atom is -0.478 e. The second kappa shape index (κ2) is 6.56. The maximum atomic E-state index is 10.8. The molecule has 0 bridgehead atoms. The average Bonchev–Trinajstić information content (AvgIpc) is 2.38. The molecule has 0 aliphatic heterocycles. The molecule has 0 saturated carbocycles. The molecule has 1 aromatic carbocycles. The molecular formula is C18H22O2. The number of hydrogen-bond donors (Lipinski definition) is 1. The van der Waals surface area contributed by atoms with Crippen LogP contribution < -0.4 is 0 Å². The first-order valence-corrected chi connectivity index (χ1v) is 7.28. The number of aliphatic carboxylic acids is 1. The van der Waals surface area contributed by atoms with Gasteiger partial charge in [-0.2, -0.15) is 0 Å². The summed E-state index contributed by atoms with van der Waals surface area (Å²) in [6.45, 7) is 4.45. The molecule has 20 heavy (non-hydrogen) atoms. The third-order valence-electron chi connectivity index (χ3n) is 3.55. The van der Waals surface area contributed by atoms with E-state index in [2.05, 4.69) is 38.1 Å². The van der Waals surface area contributed by atoms with Crippen LogP contribution in [0.1, 0.15) is 44.2 Å². The minimum absolute atomic E-state index is 0.667. The lowest BCUT2D eigenvalue weighted by Crippen LogP contribution is -1.99. The van der Waals surface area contributed by atoms with Crippen LogP contribution in [-0.2, 0) is 11.2 Å². The third-order valence-corrected chi connectivity index (χ3v) is 3.55. The first kappa shape index (κ1) is 14.6. The molecule has 0 atom stereocenters. The zero-order valence-electron chi connectivity index (χ0n) is 12.2. The van der Waals surface area contributed by atoms with Crippen molar-refractivity contribution in [3.8, 4) is 0 Å². The van der Waals surface area contributed by atoms with Crippen molar-refractivity contribution in [3.63, 3.8) is 0 Å². The Labute approximate surface area is 120 Å². The van der Waals surface area contributed by atoms with Gasteiger partial charge in [0.15, 0.2) is 0 Å². The van der Waals surface area contributed by atoms with Crippen molar-refractivity contribution in [1.82, 2.24) is 0 Å². The van der Waals surface area contributed by atoms with Crippen LogP contribution >= 0.6 is 0 Å². The molecule has 1 N–H and O–H groups in total. The Kier molecular flexibility index (Phi) is 4.78. The molecule has 0 aromatic heterocycles. The summed E-state index contributed by atoms with van der Waals surface area (Å²) in [5.74, 6) is -0.190. The fourth-order valence-corrected chi connectivity index (χ4v) is 2.68. The van der Waals surface area contributed by atoms with Gasteiger partial charge in [0.25, 0.3) is 0 Å². The van der Waals surface area contributed by atoms with E-state index < -0.39 is 5.97 Å². The van der Waals surface area contributed by atoms with E-state index in [9.17, 15) is 4.79 Å². The van der Waals surface area contributed by atoms with E-state index in [1.54, 1.807) is 0 Å². The summed E-state index contributed by atoms with van der Waals surface area (Å²) < 4.78 is 0. The van der Waals surface area contributed by atoms with Gasteiger partial charge in [0.05, 0.1) is 0 Å². The summed E-state index contributed by atoms with van der Waals surface area (Å²) in [6.07, 6.45) is 7.38. The normalized spacial score (nSPS) is 17.4. The Morgan fingerprint density at radius 1 is 1.25 bits per heavy atom. The van der Waals surface area contributed by atoms with Crippen molar-refractivity contribution in [2.45, 2.75) is 39.5 Å². The van der Waals surface area contributed by atoms with Crippen LogP contribution in [0.5, 0.6) is 0 Å². The van der Waals surface area contributed by atoms with Gasteiger partial charge in [0, 0.05) is 6.08 Å². The van der Waals surface area contributed by atoms with Crippen molar-refractivity contribution in [3.05, 3.63) is 53.1 Å². The summed E-state index contributed by atoms with van der Waals surface area (Å²) in [6, 6.07) is 8.69. The number of allylic oxidation sites excluding steroid dienone is 3. The molecule has 2 rings (SSSR count). The molecule has 2 nitrogen and oxygen atoms in total. The number of hydrogen-bond acceptors (Lipinski definition) is 1. The standard InChI is InChI=1S/C18H22O2/c1-13(2)10-14-6-8-16(9-7-14)17-5-3-4-15(11-17)12-18(19)20/h6-9,11-13H,3-5,10H2,1-2H3,(H,19,20). The van der Waals surface area contributed by atoms with E-state index >= 15 is 0 Å². The summed E-state index contributed by atoms with van der Waals surface area (Å²) in [7, 11) is 0. The van der Waals surface area contributed by atoms with Crippen LogP contribution in [0.25, 0.3) is 5.57 Å². The van der Waals surface area contributed by atoms with Gasteiger partial charge in [0.1, 0.15) is 0 Å². The number of carbonyl (C=O) groups is 1. The predicted octanol–water partition coefficient (Wildman–Crippen LogP) is 4.46. The smallest absolute Gasteiger partial charge is 0.328 e. The molecular weight excluding hydrogens is 248 g/mol. The Balaban J connectivity index is 2.18. The molecule has 2 heteroatoms. The Morgan fingerprint density at radius 2 is 1.95 bits per heavy atom. The van der Waals surface area contributed by atoms with E-state index in [-0.39, 0.29) is 0 Å². The Morgan fingerprint density at radius 3 is 2.55 bits per heavy atom. The molecule has 0 spiro atoms. The van der Waals surface area contributed by atoms with Crippen molar-refractivity contribution in [1.29, 1.82) is 0 Å². The maximum Gasteiger partial charge on any atom is 0.328 e.